The van der Waals surface area contributed by atoms with E-state index in [-0.39, 0.29) is 17.6 Å². The monoisotopic (exact) mass is 444 g/mol. The molecule has 0 unspecified atom stereocenters. The maximum atomic E-state index is 12.7. The molecule has 1 aromatic carbocycles. The number of nitrogens with one attached hydrogen (secondary N) is 1. The van der Waals surface area contributed by atoms with Crippen LogP contribution in [0.3, 0.4) is 0 Å². The van der Waals surface area contributed by atoms with Crippen LogP contribution in [0.4, 0.5) is 0 Å². The molecule has 0 spiro atoms. The van der Waals surface area contributed by atoms with Gasteiger partial charge in [0, 0.05) is 25.0 Å². The summed E-state index contributed by atoms with van der Waals surface area (Å²) >= 11 is 11.9. The number of hydrogen-bond donors (Lipinski definition) is 1. The Morgan fingerprint density at radius 3 is 2.43 bits per heavy atom. The molecule has 1 saturated heterocycles. The quantitative estimate of drug-likeness (QED) is 0.749. The molecule has 8 heteroatoms. The number of carbonyl (C=O) groups is 1. The number of sulfonamides is 1. The molecular weight excluding hydrogens is 419 g/mol. The molecule has 1 amide bonds. The maximum Gasteiger partial charge on any atom is 0.223 e. The molecule has 3 atom stereocenters. The van der Waals surface area contributed by atoms with Gasteiger partial charge in [-0.15, -0.1) is 0 Å². The highest BCUT2D eigenvalue weighted by Gasteiger charge is 2.41. The van der Waals surface area contributed by atoms with Crippen LogP contribution in [0.2, 0.25) is 10.0 Å². The average molecular weight is 445 g/mol. The van der Waals surface area contributed by atoms with Gasteiger partial charge in [-0.05, 0) is 61.6 Å². The van der Waals surface area contributed by atoms with E-state index in [1.807, 2.05) is 0 Å². The average Bonchev–Trinajstić information content (AvgIpc) is 3.28. The number of nitrogens with zero attached hydrogens (tertiary/aromatic N) is 1. The first kappa shape index (κ1) is 20.5. The molecule has 1 aromatic rings. The molecule has 0 aromatic heterocycles. The van der Waals surface area contributed by atoms with E-state index >= 15 is 0 Å². The van der Waals surface area contributed by atoms with Crippen molar-refractivity contribution >= 4 is 39.1 Å². The molecule has 154 valence electrons. The highest BCUT2D eigenvalue weighted by Crippen LogP contribution is 2.44. The van der Waals surface area contributed by atoms with Crippen molar-refractivity contribution in [1.82, 2.24) is 9.62 Å². The molecule has 1 aliphatic heterocycles. The molecule has 2 bridgehead atoms. The first-order chi connectivity index (χ1) is 13.3. The zero-order valence-electron chi connectivity index (χ0n) is 15.7. The summed E-state index contributed by atoms with van der Waals surface area (Å²) in [6, 6.07) is 5.22. The van der Waals surface area contributed by atoms with Crippen LogP contribution in [0.25, 0.3) is 0 Å². The van der Waals surface area contributed by atoms with Crippen LogP contribution in [0.1, 0.15) is 44.1 Å². The fraction of sp³-hybridized carbons (Fsp3) is 0.650. The number of piperidine rings is 1. The Morgan fingerprint density at radius 1 is 1.07 bits per heavy atom. The van der Waals surface area contributed by atoms with Crippen molar-refractivity contribution in [3.8, 4) is 0 Å². The molecule has 1 heterocycles. The Labute approximate surface area is 176 Å². The molecule has 2 saturated carbocycles. The predicted octanol–water partition coefficient (Wildman–Crippen LogP) is 3.84. The van der Waals surface area contributed by atoms with Gasteiger partial charge in [0.25, 0.3) is 0 Å². The predicted molar refractivity (Wildman–Crippen MR) is 111 cm³/mol. The standard InChI is InChI=1S/C20H26Cl2N2O3S/c21-17-4-2-14(10-18(17)22)12-28(26,27)24-7-5-15(6-8-24)20(25)23-19-11-13-1-3-16(19)9-13/h2,4,10,13,15-16,19H,1,3,5-9,11-12H2,(H,23,25)/t13-,16-,19-/m0/s1. The van der Waals surface area contributed by atoms with Crippen molar-refractivity contribution in [2.45, 2.75) is 50.3 Å². The summed E-state index contributed by atoms with van der Waals surface area (Å²) < 4.78 is 27.0. The van der Waals surface area contributed by atoms with E-state index in [1.54, 1.807) is 18.2 Å². The Bertz CT molecular complexity index is 853. The van der Waals surface area contributed by atoms with E-state index in [1.165, 1.54) is 23.6 Å². The lowest BCUT2D eigenvalue weighted by molar-refractivity contribution is -0.127. The fourth-order valence-electron chi connectivity index (χ4n) is 5.05. The van der Waals surface area contributed by atoms with Gasteiger partial charge in [0.2, 0.25) is 15.9 Å². The van der Waals surface area contributed by atoms with E-state index in [4.69, 9.17) is 23.2 Å². The Kier molecular flexibility index (Phi) is 5.94. The molecule has 4 rings (SSSR count). The van der Waals surface area contributed by atoms with Gasteiger partial charge in [-0.3, -0.25) is 4.79 Å². The zero-order valence-corrected chi connectivity index (χ0v) is 18.1. The minimum atomic E-state index is -3.44. The molecule has 0 radical (unpaired) electrons. The number of rotatable bonds is 5. The van der Waals surface area contributed by atoms with E-state index in [2.05, 4.69) is 5.32 Å². The van der Waals surface area contributed by atoms with Crippen molar-refractivity contribution < 1.29 is 13.2 Å². The largest absolute Gasteiger partial charge is 0.353 e. The molecule has 2 aliphatic carbocycles. The first-order valence-corrected chi connectivity index (χ1v) is 12.4. The van der Waals surface area contributed by atoms with Crippen LogP contribution in [0.5, 0.6) is 0 Å². The van der Waals surface area contributed by atoms with Crippen LogP contribution in [0, 0.1) is 17.8 Å². The van der Waals surface area contributed by atoms with E-state index < -0.39 is 10.0 Å². The minimum absolute atomic E-state index is 0.0875. The van der Waals surface area contributed by atoms with E-state index in [9.17, 15) is 13.2 Å². The van der Waals surface area contributed by atoms with Gasteiger partial charge in [-0.2, -0.15) is 0 Å². The summed E-state index contributed by atoms with van der Waals surface area (Å²) in [5, 5.41) is 4.01. The topological polar surface area (TPSA) is 66.5 Å². The lowest BCUT2D eigenvalue weighted by atomic mass is 9.93. The molecule has 3 fully saturated rings. The van der Waals surface area contributed by atoms with Gasteiger partial charge in [-0.25, -0.2) is 12.7 Å². The van der Waals surface area contributed by atoms with Crippen LogP contribution >= 0.6 is 23.2 Å². The van der Waals surface area contributed by atoms with Crippen molar-refractivity contribution in [2.75, 3.05) is 13.1 Å². The third-order valence-electron chi connectivity index (χ3n) is 6.62. The summed E-state index contributed by atoms with van der Waals surface area (Å²) in [5.41, 5.74) is 0.616. The number of hydrogen-bond acceptors (Lipinski definition) is 3. The number of benzene rings is 1. The third-order valence-corrected chi connectivity index (χ3v) is 9.21. The molecule has 5 nitrogen and oxygen atoms in total. The Hall–Kier alpha value is -0.820. The second-order valence-electron chi connectivity index (χ2n) is 8.47. The van der Waals surface area contributed by atoms with Crippen molar-refractivity contribution in [2.24, 2.45) is 17.8 Å². The Balaban J connectivity index is 1.30. The van der Waals surface area contributed by atoms with Crippen molar-refractivity contribution in [3.05, 3.63) is 33.8 Å². The van der Waals surface area contributed by atoms with E-state index in [0.29, 0.717) is 53.5 Å². The fourth-order valence-corrected chi connectivity index (χ4v) is 6.92. The number of amides is 1. The van der Waals surface area contributed by atoms with Gasteiger partial charge in [0.1, 0.15) is 0 Å². The van der Waals surface area contributed by atoms with Crippen LogP contribution < -0.4 is 5.32 Å². The number of fused-ring (bicyclic) bond motifs is 2. The SMILES string of the molecule is O=C(N[C@H]1C[C@H]2CC[C@H]1C2)C1CCN(S(=O)(=O)Cc2ccc(Cl)c(Cl)c2)CC1. The van der Waals surface area contributed by atoms with Gasteiger partial charge in [-0.1, -0.05) is 35.7 Å². The highest BCUT2D eigenvalue weighted by atomic mass is 35.5. The van der Waals surface area contributed by atoms with Gasteiger partial charge < -0.3 is 5.32 Å². The number of carbonyl (C=O) groups excluding carboxylic acids is 1. The lowest BCUT2D eigenvalue weighted by Crippen LogP contribution is -2.46. The Morgan fingerprint density at radius 2 is 1.82 bits per heavy atom. The number of halogens is 2. The van der Waals surface area contributed by atoms with Gasteiger partial charge in [0.15, 0.2) is 0 Å². The summed E-state index contributed by atoms with van der Waals surface area (Å²) in [6.45, 7) is 0.775. The summed E-state index contributed by atoms with van der Waals surface area (Å²) in [4.78, 5) is 12.6. The molecule has 3 aliphatic rings. The van der Waals surface area contributed by atoms with Gasteiger partial charge >= 0.3 is 0 Å². The second kappa shape index (κ2) is 8.13. The van der Waals surface area contributed by atoms with Crippen molar-refractivity contribution in [1.29, 1.82) is 0 Å². The molecule has 1 N–H and O–H groups in total. The normalized spacial score (nSPS) is 28.6. The summed E-state index contributed by atoms with van der Waals surface area (Å²) in [5.74, 6) is 1.37. The van der Waals surface area contributed by atoms with Crippen LogP contribution in [-0.2, 0) is 20.6 Å². The molecular formula is C20H26Cl2N2O3S. The van der Waals surface area contributed by atoms with Crippen LogP contribution in [-0.4, -0.2) is 37.8 Å². The highest BCUT2D eigenvalue weighted by molar-refractivity contribution is 7.88. The summed E-state index contributed by atoms with van der Waals surface area (Å²) in [7, 11) is -3.44. The second-order valence-corrected chi connectivity index (χ2v) is 11.3. The van der Waals surface area contributed by atoms with Gasteiger partial charge in [0.05, 0.1) is 15.8 Å². The lowest BCUT2D eigenvalue weighted by Gasteiger charge is -2.32. The van der Waals surface area contributed by atoms with Crippen molar-refractivity contribution in [3.63, 3.8) is 0 Å². The van der Waals surface area contributed by atoms with Crippen LogP contribution in [0.15, 0.2) is 18.2 Å². The third kappa shape index (κ3) is 4.35. The molecule has 28 heavy (non-hydrogen) atoms. The maximum absolute atomic E-state index is 12.7. The first-order valence-electron chi connectivity index (χ1n) is 10.0. The van der Waals surface area contributed by atoms with E-state index in [0.717, 1.165) is 12.3 Å². The smallest absolute Gasteiger partial charge is 0.223 e. The summed E-state index contributed by atoms with van der Waals surface area (Å²) in [6.07, 6.45) is 6.08. The zero-order chi connectivity index (χ0) is 19.9. The minimum Gasteiger partial charge on any atom is -0.353 e.